The molecule has 0 saturated carbocycles. The molecule has 53 heavy (non-hydrogen) atoms. The third-order valence-corrected chi connectivity index (χ3v) is 8.27. The van der Waals surface area contributed by atoms with Crippen LogP contribution in [0.4, 0.5) is 11.4 Å². The monoisotopic (exact) mass is 718 g/mol. The van der Waals surface area contributed by atoms with Gasteiger partial charge in [-0.3, -0.25) is 50.5 Å². The summed E-state index contributed by atoms with van der Waals surface area (Å²) < 4.78 is 0. The van der Waals surface area contributed by atoms with Gasteiger partial charge in [-0.15, -0.1) is 0 Å². The van der Waals surface area contributed by atoms with Crippen LogP contribution in [0.15, 0.2) is 97.1 Å². The first kappa shape index (κ1) is 39.5. The molecule has 6 amide bonds. The fraction of sp³-hybridized carbons (Fsp3) is 0.268. The predicted molar refractivity (Wildman–Crippen MR) is 204 cm³/mol. The molecule has 0 saturated heterocycles. The lowest BCUT2D eigenvalue weighted by Gasteiger charge is -2.19. The zero-order valence-electron chi connectivity index (χ0n) is 30.8. The summed E-state index contributed by atoms with van der Waals surface area (Å²) >= 11 is 0. The number of benzene rings is 4. The molecule has 0 radical (unpaired) electrons. The van der Waals surface area contributed by atoms with Gasteiger partial charge in [0.25, 0.3) is 23.6 Å². The van der Waals surface area contributed by atoms with Crippen molar-refractivity contribution in [1.29, 1.82) is 0 Å². The molecule has 0 aromatic heterocycles. The minimum absolute atomic E-state index is 0.0241. The molecule has 0 unspecified atom stereocenters. The Bertz CT molecular complexity index is 1800. The van der Waals surface area contributed by atoms with E-state index in [2.05, 4.69) is 73.9 Å². The van der Waals surface area contributed by atoms with E-state index in [-0.39, 0.29) is 53.0 Å². The van der Waals surface area contributed by atoms with E-state index in [0.717, 1.165) is 11.1 Å². The molecule has 12 nitrogen and oxygen atoms in total. The predicted octanol–water partition coefficient (Wildman–Crippen LogP) is 6.18. The first-order valence-electron chi connectivity index (χ1n) is 17.2. The molecule has 276 valence electrons. The Balaban J connectivity index is 1.11. The van der Waals surface area contributed by atoms with Crippen molar-refractivity contribution in [2.24, 2.45) is 0 Å². The Morgan fingerprint density at radius 2 is 0.679 bits per heavy atom. The van der Waals surface area contributed by atoms with Gasteiger partial charge in [-0.25, -0.2) is 0 Å². The molecule has 0 atom stereocenters. The van der Waals surface area contributed by atoms with Gasteiger partial charge in [-0.1, -0.05) is 65.8 Å². The van der Waals surface area contributed by atoms with Crippen LogP contribution in [0, 0.1) is 0 Å². The highest BCUT2D eigenvalue weighted by atomic mass is 16.2. The lowest BCUT2D eigenvalue weighted by Crippen LogP contribution is -2.42. The molecule has 4 aromatic rings. The zero-order valence-corrected chi connectivity index (χ0v) is 30.8. The van der Waals surface area contributed by atoms with Gasteiger partial charge in [0, 0.05) is 46.5 Å². The van der Waals surface area contributed by atoms with Gasteiger partial charge in [-0.2, -0.15) is 0 Å². The van der Waals surface area contributed by atoms with Crippen LogP contribution in [0.1, 0.15) is 113 Å². The second kappa shape index (κ2) is 17.3. The van der Waals surface area contributed by atoms with E-state index in [1.165, 1.54) is 24.3 Å². The number of nitrogens with one attached hydrogen (secondary N) is 6. The summed E-state index contributed by atoms with van der Waals surface area (Å²) in [6, 6.07) is 27.1. The maximum atomic E-state index is 12.6. The van der Waals surface area contributed by atoms with Gasteiger partial charge in [0.1, 0.15) is 0 Å². The van der Waals surface area contributed by atoms with Gasteiger partial charge in [0.2, 0.25) is 11.8 Å². The van der Waals surface area contributed by atoms with Gasteiger partial charge in [0.05, 0.1) is 0 Å². The maximum Gasteiger partial charge on any atom is 0.269 e. The summed E-state index contributed by atoms with van der Waals surface area (Å²) in [6.45, 7) is 12.6. The van der Waals surface area contributed by atoms with Crippen LogP contribution in [0.2, 0.25) is 0 Å². The third kappa shape index (κ3) is 11.9. The fourth-order valence-corrected chi connectivity index (χ4v) is 4.99. The Morgan fingerprint density at radius 1 is 0.396 bits per heavy atom. The Morgan fingerprint density at radius 3 is 0.981 bits per heavy atom. The van der Waals surface area contributed by atoms with Crippen molar-refractivity contribution in [2.45, 2.75) is 71.6 Å². The summed E-state index contributed by atoms with van der Waals surface area (Å²) in [7, 11) is 0. The summed E-state index contributed by atoms with van der Waals surface area (Å²) in [5.74, 6) is -2.70. The molecular weight excluding hydrogens is 672 g/mol. The maximum absolute atomic E-state index is 12.6. The van der Waals surface area contributed by atoms with Crippen molar-refractivity contribution in [1.82, 2.24) is 21.7 Å². The average molecular weight is 719 g/mol. The van der Waals surface area contributed by atoms with Crippen LogP contribution >= 0.6 is 0 Å². The molecule has 6 N–H and O–H groups in total. The van der Waals surface area contributed by atoms with Crippen LogP contribution in [-0.4, -0.2) is 35.4 Å². The molecule has 0 fully saturated rings. The molecule has 0 spiro atoms. The summed E-state index contributed by atoms with van der Waals surface area (Å²) in [5, 5.41) is 5.59. The molecule has 0 aliphatic rings. The normalized spacial score (nSPS) is 11.1. The first-order valence-corrected chi connectivity index (χ1v) is 17.2. The molecule has 0 aliphatic carbocycles. The number of hydrazine groups is 2. The summed E-state index contributed by atoms with van der Waals surface area (Å²) in [5.41, 5.74) is 14.0. The molecule has 0 heterocycles. The van der Waals surface area contributed by atoms with Gasteiger partial charge >= 0.3 is 0 Å². The standard InChI is InChI=1S/C41H46N6O6/c1-40(2,3)30-18-10-26(11-19-30)36(50)42-32-22-14-28(15-23-32)38(52)46-44-34(48)8-7-9-35(49)45-47-39(53)29-16-24-33(25-17-29)43-37(51)27-12-20-31(21-13-27)41(4,5)6/h10-25H,7-9H2,1-6H3,(H,42,50)(H,43,51)(H,44,48)(H,45,49)(H,46,52)(H,47,53). The Kier molecular flexibility index (Phi) is 12.9. The van der Waals surface area contributed by atoms with E-state index in [9.17, 15) is 28.8 Å². The smallest absolute Gasteiger partial charge is 0.269 e. The molecule has 0 aliphatic heterocycles. The van der Waals surface area contributed by atoms with E-state index in [4.69, 9.17) is 0 Å². The van der Waals surface area contributed by atoms with Gasteiger partial charge in [-0.05, 0) is 101 Å². The minimum atomic E-state index is -0.559. The molecule has 4 rings (SSSR count). The topological polar surface area (TPSA) is 175 Å². The van der Waals surface area contributed by atoms with E-state index >= 15 is 0 Å². The lowest BCUT2D eigenvalue weighted by molar-refractivity contribution is -0.123. The number of anilines is 2. The van der Waals surface area contributed by atoms with Crippen molar-refractivity contribution in [2.75, 3.05) is 10.6 Å². The van der Waals surface area contributed by atoms with Crippen LogP contribution in [0.3, 0.4) is 0 Å². The zero-order chi connectivity index (χ0) is 38.8. The van der Waals surface area contributed by atoms with E-state index in [1.54, 1.807) is 48.5 Å². The van der Waals surface area contributed by atoms with Crippen molar-refractivity contribution in [3.05, 3.63) is 130 Å². The SMILES string of the molecule is CC(C)(C)c1ccc(C(=O)Nc2ccc(C(=O)NNC(=O)CCCC(=O)NNC(=O)c3ccc(NC(=O)c4ccc(C(C)(C)C)cc4)cc3)cc2)cc1. The van der Waals surface area contributed by atoms with Crippen LogP contribution in [0.25, 0.3) is 0 Å². The molecule has 4 aromatic carbocycles. The highest BCUT2D eigenvalue weighted by Gasteiger charge is 2.17. The number of carbonyl (C=O) groups excluding carboxylic acids is 6. The van der Waals surface area contributed by atoms with Gasteiger partial charge < -0.3 is 10.6 Å². The van der Waals surface area contributed by atoms with Gasteiger partial charge in [0.15, 0.2) is 0 Å². The largest absolute Gasteiger partial charge is 0.322 e. The van der Waals surface area contributed by atoms with Crippen molar-refractivity contribution < 1.29 is 28.8 Å². The quantitative estimate of drug-likeness (QED) is 0.107. The van der Waals surface area contributed by atoms with Crippen molar-refractivity contribution >= 4 is 46.8 Å². The van der Waals surface area contributed by atoms with Crippen molar-refractivity contribution in [3.63, 3.8) is 0 Å². The second-order valence-corrected chi connectivity index (χ2v) is 14.6. The molecular formula is C41H46N6O6. The number of carbonyl (C=O) groups is 6. The van der Waals surface area contributed by atoms with E-state index < -0.39 is 23.6 Å². The van der Waals surface area contributed by atoms with Crippen LogP contribution in [0.5, 0.6) is 0 Å². The Hall–Kier alpha value is -6.30. The van der Waals surface area contributed by atoms with Crippen LogP contribution < -0.4 is 32.3 Å². The van der Waals surface area contributed by atoms with Crippen LogP contribution in [-0.2, 0) is 20.4 Å². The fourth-order valence-electron chi connectivity index (χ4n) is 4.99. The van der Waals surface area contributed by atoms with Crippen molar-refractivity contribution in [3.8, 4) is 0 Å². The third-order valence-electron chi connectivity index (χ3n) is 8.27. The number of amides is 6. The molecule has 12 heteroatoms. The summed E-state index contributed by atoms with van der Waals surface area (Å²) in [6.07, 6.45) is 0.0403. The lowest BCUT2D eigenvalue weighted by atomic mass is 9.86. The summed E-state index contributed by atoms with van der Waals surface area (Å²) in [4.78, 5) is 74.7. The average Bonchev–Trinajstić information content (AvgIpc) is 3.12. The number of hydrogen-bond acceptors (Lipinski definition) is 6. The Labute approximate surface area is 309 Å². The van der Waals surface area contributed by atoms with E-state index in [0.29, 0.717) is 22.5 Å². The number of rotatable bonds is 10. The second-order valence-electron chi connectivity index (χ2n) is 14.6. The first-order chi connectivity index (χ1) is 25.0. The highest BCUT2D eigenvalue weighted by molar-refractivity contribution is 6.05. The van der Waals surface area contributed by atoms with E-state index in [1.807, 2.05) is 24.3 Å². The minimum Gasteiger partial charge on any atom is -0.322 e. The number of hydrogen-bond donors (Lipinski definition) is 6. The molecule has 0 bridgehead atoms. The highest BCUT2D eigenvalue weighted by Crippen LogP contribution is 2.24.